The molecule has 1 heterocycles. The number of amides is 2. The third-order valence-electron chi connectivity index (χ3n) is 3.27. The summed E-state index contributed by atoms with van der Waals surface area (Å²) in [5.41, 5.74) is 6.28. The molecule has 0 bridgehead atoms. The van der Waals surface area contributed by atoms with Crippen LogP contribution in [0, 0.1) is 0 Å². The first kappa shape index (κ1) is 13.5. The summed E-state index contributed by atoms with van der Waals surface area (Å²) < 4.78 is 0. The third kappa shape index (κ3) is 4.06. The normalized spacial score (nSPS) is 16.0. The largest absolute Gasteiger partial charge is 0.366 e. The molecule has 19 heavy (non-hydrogen) atoms. The van der Waals surface area contributed by atoms with Crippen LogP contribution in [-0.2, 0) is 4.79 Å². The van der Waals surface area contributed by atoms with E-state index in [1.807, 2.05) is 0 Å². The highest BCUT2D eigenvalue weighted by Gasteiger charge is 2.13. The van der Waals surface area contributed by atoms with Crippen LogP contribution >= 0.6 is 0 Å². The van der Waals surface area contributed by atoms with Crippen molar-refractivity contribution in [2.45, 2.75) is 19.3 Å². The number of likely N-dealkylation sites (tertiary alicyclic amines) is 1. The second kappa shape index (κ2) is 6.33. The van der Waals surface area contributed by atoms with Crippen LogP contribution in [0.25, 0.3) is 0 Å². The quantitative estimate of drug-likeness (QED) is 0.855. The Morgan fingerprint density at radius 3 is 2.32 bits per heavy atom. The molecule has 0 atom stereocenters. The maximum atomic E-state index is 11.9. The van der Waals surface area contributed by atoms with E-state index < -0.39 is 5.91 Å². The first-order valence-corrected chi connectivity index (χ1v) is 6.57. The highest BCUT2D eigenvalue weighted by Crippen LogP contribution is 2.11. The Hall–Kier alpha value is -1.88. The van der Waals surface area contributed by atoms with Crippen LogP contribution in [0.1, 0.15) is 29.6 Å². The van der Waals surface area contributed by atoms with Gasteiger partial charge < -0.3 is 11.1 Å². The van der Waals surface area contributed by atoms with Gasteiger partial charge in [-0.25, -0.2) is 0 Å². The minimum Gasteiger partial charge on any atom is -0.366 e. The lowest BCUT2D eigenvalue weighted by Crippen LogP contribution is -2.36. The molecule has 1 fully saturated rings. The van der Waals surface area contributed by atoms with Crippen LogP contribution in [0.5, 0.6) is 0 Å². The van der Waals surface area contributed by atoms with E-state index in [1.54, 1.807) is 24.3 Å². The van der Waals surface area contributed by atoms with Gasteiger partial charge in [-0.1, -0.05) is 6.42 Å². The summed E-state index contributed by atoms with van der Waals surface area (Å²) in [4.78, 5) is 24.9. The topological polar surface area (TPSA) is 75.4 Å². The molecule has 0 radical (unpaired) electrons. The van der Waals surface area contributed by atoms with Crippen LogP contribution in [0.3, 0.4) is 0 Å². The highest BCUT2D eigenvalue weighted by atomic mass is 16.2. The number of anilines is 1. The number of nitrogens with zero attached hydrogens (tertiary/aromatic N) is 1. The zero-order valence-corrected chi connectivity index (χ0v) is 10.9. The fourth-order valence-corrected chi connectivity index (χ4v) is 2.24. The molecule has 1 aromatic carbocycles. The molecule has 1 aliphatic heterocycles. The number of carbonyl (C=O) groups excluding carboxylic acids is 2. The molecular weight excluding hydrogens is 242 g/mol. The molecule has 102 valence electrons. The summed E-state index contributed by atoms with van der Waals surface area (Å²) in [6, 6.07) is 6.60. The molecule has 0 saturated carbocycles. The number of piperidine rings is 1. The predicted octanol–water partition coefficient (Wildman–Crippen LogP) is 1.21. The number of benzene rings is 1. The monoisotopic (exact) mass is 261 g/mol. The zero-order chi connectivity index (χ0) is 13.7. The van der Waals surface area contributed by atoms with Crippen molar-refractivity contribution < 1.29 is 9.59 Å². The summed E-state index contributed by atoms with van der Waals surface area (Å²) >= 11 is 0. The summed E-state index contributed by atoms with van der Waals surface area (Å²) in [6.45, 7) is 2.42. The van der Waals surface area contributed by atoms with Gasteiger partial charge in [0.25, 0.3) is 0 Å². The lowest BCUT2D eigenvalue weighted by Gasteiger charge is -2.25. The van der Waals surface area contributed by atoms with Crippen molar-refractivity contribution in [1.82, 2.24) is 4.90 Å². The molecule has 3 N–H and O–H groups in total. The van der Waals surface area contributed by atoms with E-state index >= 15 is 0 Å². The molecule has 2 amide bonds. The van der Waals surface area contributed by atoms with Crippen LogP contribution in [0.15, 0.2) is 24.3 Å². The smallest absolute Gasteiger partial charge is 0.248 e. The standard InChI is InChI=1S/C14H19N3O2/c15-14(19)11-4-6-12(7-5-11)16-13(18)10-17-8-2-1-3-9-17/h4-7H,1-3,8-10H2,(H2,15,19)(H,16,18). The number of primary amides is 1. The number of nitrogens with one attached hydrogen (secondary N) is 1. The third-order valence-corrected chi connectivity index (χ3v) is 3.27. The summed E-state index contributed by atoms with van der Waals surface area (Å²) in [5.74, 6) is -0.486. The van der Waals surface area contributed by atoms with Crippen molar-refractivity contribution >= 4 is 17.5 Å². The minimum absolute atomic E-state index is 0.0197. The van der Waals surface area contributed by atoms with E-state index in [-0.39, 0.29) is 5.91 Å². The molecule has 1 saturated heterocycles. The van der Waals surface area contributed by atoms with Gasteiger partial charge in [-0.05, 0) is 50.2 Å². The molecule has 0 aliphatic carbocycles. The maximum Gasteiger partial charge on any atom is 0.248 e. The van der Waals surface area contributed by atoms with E-state index in [0.717, 1.165) is 13.1 Å². The van der Waals surface area contributed by atoms with Crippen LogP contribution in [0.2, 0.25) is 0 Å². The fraction of sp³-hybridized carbons (Fsp3) is 0.429. The Morgan fingerprint density at radius 1 is 1.11 bits per heavy atom. The van der Waals surface area contributed by atoms with Gasteiger partial charge in [-0.15, -0.1) is 0 Å². The molecule has 2 rings (SSSR count). The van der Waals surface area contributed by atoms with Gasteiger partial charge in [0.2, 0.25) is 11.8 Å². The Bertz CT molecular complexity index is 450. The van der Waals surface area contributed by atoms with Gasteiger partial charge in [0.1, 0.15) is 0 Å². The van der Waals surface area contributed by atoms with E-state index in [4.69, 9.17) is 5.73 Å². The fourth-order valence-electron chi connectivity index (χ4n) is 2.24. The average Bonchev–Trinajstić information content (AvgIpc) is 2.40. The highest BCUT2D eigenvalue weighted by molar-refractivity contribution is 5.95. The number of hydrogen-bond donors (Lipinski definition) is 2. The van der Waals surface area contributed by atoms with Crippen LogP contribution in [0.4, 0.5) is 5.69 Å². The first-order valence-electron chi connectivity index (χ1n) is 6.57. The van der Waals surface area contributed by atoms with Gasteiger partial charge in [-0.2, -0.15) is 0 Å². The molecular formula is C14H19N3O2. The predicted molar refractivity (Wildman–Crippen MR) is 73.9 cm³/mol. The van der Waals surface area contributed by atoms with Crippen molar-refractivity contribution in [3.8, 4) is 0 Å². The molecule has 0 spiro atoms. The van der Waals surface area contributed by atoms with Crippen molar-refractivity contribution in [1.29, 1.82) is 0 Å². The Morgan fingerprint density at radius 2 is 1.74 bits per heavy atom. The molecule has 1 aliphatic rings. The lowest BCUT2D eigenvalue weighted by atomic mass is 10.1. The van der Waals surface area contributed by atoms with Gasteiger partial charge in [0.05, 0.1) is 6.54 Å². The maximum absolute atomic E-state index is 11.9. The van der Waals surface area contributed by atoms with Crippen molar-refractivity contribution in [3.63, 3.8) is 0 Å². The molecule has 0 aromatic heterocycles. The van der Waals surface area contributed by atoms with Crippen LogP contribution in [-0.4, -0.2) is 36.3 Å². The summed E-state index contributed by atoms with van der Waals surface area (Å²) in [5, 5.41) is 2.82. The SMILES string of the molecule is NC(=O)c1ccc(NC(=O)CN2CCCCC2)cc1. The van der Waals surface area contributed by atoms with Gasteiger partial charge in [0.15, 0.2) is 0 Å². The molecule has 1 aromatic rings. The van der Waals surface area contributed by atoms with Crippen molar-refractivity contribution in [2.75, 3.05) is 25.0 Å². The Kier molecular flexibility index (Phi) is 4.52. The van der Waals surface area contributed by atoms with E-state index in [1.165, 1.54) is 19.3 Å². The van der Waals surface area contributed by atoms with Crippen LogP contribution < -0.4 is 11.1 Å². The lowest BCUT2D eigenvalue weighted by molar-refractivity contribution is -0.117. The van der Waals surface area contributed by atoms with Gasteiger partial charge >= 0.3 is 0 Å². The molecule has 5 nitrogen and oxygen atoms in total. The molecule has 5 heteroatoms. The summed E-state index contributed by atoms with van der Waals surface area (Å²) in [7, 11) is 0. The van der Waals surface area contributed by atoms with Gasteiger partial charge in [-0.3, -0.25) is 14.5 Å². The van der Waals surface area contributed by atoms with Crippen molar-refractivity contribution in [3.05, 3.63) is 29.8 Å². The second-order valence-electron chi connectivity index (χ2n) is 4.83. The first-order chi connectivity index (χ1) is 9.15. The average molecular weight is 261 g/mol. The second-order valence-corrected chi connectivity index (χ2v) is 4.83. The van der Waals surface area contributed by atoms with E-state index in [0.29, 0.717) is 17.8 Å². The Balaban J connectivity index is 1.85. The number of rotatable bonds is 4. The summed E-state index contributed by atoms with van der Waals surface area (Å²) in [6.07, 6.45) is 3.59. The van der Waals surface area contributed by atoms with Gasteiger partial charge in [0, 0.05) is 11.3 Å². The zero-order valence-electron chi connectivity index (χ0n) is 10.9. The van der Waals surface area contributed by atoms with E-state index in [2.05, 4.69) is 10.2 Å². The van der Waals surface area contributed by atoms with E-state index in [9.17, 15) is 9.59 Å². The number of carbonyl (C=O) groups is 2. The number of nitrogens with two attached hydrogens (primary N) is 1. The minimum atomic E-state index is -0.466. The Labute approximate surface area is 112 Å². The van der Waals surface area contributed by atoms with Crippen molar-refractivity contribution in [2.24, 2.45) is 5.73 Å². The number of hydrogen-bond acceptors (Lipinski definition) is 3. The molecule has 0 unspecified atom stereocenters.